The molecule has 28 heavy (non-hydrogen) atoms. The van der Waals surface area contributed by atoms with Crippen molar-refractivity contribution in [3.8, 4) is 5.75 Å². The molecule has 1 aromatic carbocycles. The molecule has 0 saturated carbocycles. The van der Waals surface area contributed by atoms with E-state index < -0.39 is 18.2 Å². The first-order chi connectivity index (χ1) is 13.4. The molecule has 1 aliphatic heterocycles. The minimum atomic E-state index is -0.587. The Morgan fingerprint density at radius 3 is 2.50 bits per heavy atom. The zero-order valence-corrected chi connectivity index (χ0v) is 16.6. The van der Waals surface area contributed by atoms with E-state index in [2.05, 4.69) is 10.6 Å². The van der Waals surface area contributed by atoms with Crippen molar-refractivity contribution in [2.75, 3.05) is 34.4 Å². The molecule has 0 fully saturated rings. The van der Waals surface area contributed by atoms with Crippen molar-refractivity contribution in [3.05, 3.63) is 42.0 Å². The van der Waals surface area contributed by atoms with E-state index in [0.717, 1.165) is 11.3 Å². The van der Waals surface area contributed by atoms with Gasteiger partial charge in [-0.2, -0.15) is 0 Å². The lowest BCUT2D eigenvalue weighted by molar-refractivity contribution is -0.128. The number of likely N-dealkylation sites (N-methyl/N-ethyl adjacent to an activating group) is 1. The third kappa shape index (κ3) is 6.95. The van der Waals surface area contributed by atoms with E-state index in [1.54, 1.807) is 38.3 Å². The highest BCUT2D eigenvalue weighted by molar-refractivity contribution is 5.79. The van der Waals surface area contributed by atoms with Crippen LogP contribution in [0.5, 0.6) is 5.75 Å². The number of benzene rings is 1. The van der Waals surface area contributed by atoms with Crippen molar-refractivity contribution >= 4 is 11.8 Å². The predicted molar refractivity (Wildman–Crippen MR) is 105 cm³/mol. The van der Waals surface area contributed by atoms with E-state index in [-0.39, 0.29) is 31.4 Å². The average molecular weight is 391 g/mol. The van der Waals surface area contributed by atoms with Gasteiger partial charge in [-0.05, 0) is 31.8 Å². The van der Waals surface area contributed by atoms with E-state index in [4.69, 9.17) is 9.47 Å². The van der Waals surface area contributed by atoms with Crippen molar-refractivity contribution in [2.45, 2.75) is 31.2 Å². The van der Waals surface area contributed by atoms with Gasteiger partial charge in [-0.1, -0.05) is 24.3 Å². The number of aliphatic hydroxyl groups excluding tert-OH is 1. The number of rotatable bonds is 9. The lowest BCUT2D eigenvalue weighted by Gasteiger charge is -2.32. The Morgan fingerprint density at radius 1 is 1.18 bits per heavy atom. The molecule has 1 heterocycles. The summed E-state index contributed by atoms with van der Waals surface area (Å²) in [7, 11) is 5.21. The molecule has 0 radical (unpaired) electrons. The number of ether oxygens (including phenoxy) is 2. The summed E-state index contributed by atoms with van der Waals surface area (Å²) in [5.74, 6) is 0.452. The van der Waals surface area contributed by atoms with E-state index in [1.807, 2.05) is 24.3 Å². The fourth-order valence-corrected chi connectivity index (χ4v) is 2.85. The predicted octanol–water partition coefficient (Wildman–Crippen LogP) is 0.0638. The van der Waals surface area contributed by atoms with Crippen molar-refractivity contribution in [1.29, 1.82) is 0 Å². The number of nitrogens with zero attached hydrogens (tertiary/aromatic N) is 1. The molecule has 154 valence electrons. The lowest BCUT2D eigenvalue weighted by atomic mass is 10.0. The minimum absolute atomic E-state index is 0.140. The quantitative estimate of drug-likeness (QED) is 0.515. The van der Waals surface area contributed by atoms with Gasteiger partial charge in [-0.25, -0.2) is 0 Å². The number of carbonyl (C=O) groups excluding carboxylic acids is 2. The van der Waals surface area contributed by atoms with Gasteiger partial charge in [0.15, 0.2) is 0 Å². The molecule has 2 amide bonds. The summed E-state index contributed by atoms with van der Waals surface area (Å²) in [6, 6.07) is 7.03. The highest BCUT2D eigenvalue weighted by Crippen LogP contribution is 2.16. The number of amides is 2. The Balaban J connectivity index is 1.82. The summed E-state index contributed by atoms with van der Waals surface area (Å²) in [5, 5.41) is 15.2. The second-order valence-corrected chi connectivity index (χ2v) is 6.94. The topological polar surface area (TPSA) is 100 Å². The maximum atomic E-state index is 12.2. The highest BCUT2D eigenvalue weighted by Gasteiger charge is 2.29. The first kappa shape index (κ1) is 21.9. The van der Waals surface area contributed by atoms with Crippen LogP contribution in [-0.2, 0) is 20.9 Å². The van der Waals surface area contributed by atoms with Crippen LogP contribution in [0.3, 0.4) is 0 Å². The number of carbonyl (C=O) groups is 2. The van der Waals surface area contributed by atoms with Gasteiger partial charge in [-0.3, -0.25) is 9.59 Å². The lowest BCUT2D eigenvalue weighted by Crippen LogP contribution is -2.50. The van der Waals surface area contributed by atoms with Gasteiger partial charge in [0.25, 0.3) is 0 Å². The Morgan fingerprint density at radius 2 is 1.89 bits per heavy atom. The summed E-state index contributed by atoms with van der Waals surface area (Å²) in [6.07, 6.45) is 2.63. The van der Waals surface area contributed by atoms with Crippen LogP contribution in [-0.4, -0.2) is 74.4 Å². The molecule has 8 heteroatoms. The van der Waals surface area contributed by atoms with Crippen molar-refractivity contribution in [3.63, 3.8) is 0 Å². The smallest absolute Gasteiger partial charge is 0.234 e. The Bertz CT molecular complexity index is 675. The molecule has 1 aliphatic rings. The Labute approximate surface area is 165 Å². The normalized spacial score (nSPS) is 21.4. The molecule has 0 saturated heterocycles. The Hall–Kier alpha value is -2.42. The maximum absolute atomic E-state index is 12.2. The largest absolute Gasteiger partial charge is 0.497 e. The standard InChI is InChI=1S/C20H29N3O5/c1-23(2)12-20(26)22-17-9-8-16(28-18(17)13-24)10-19(25)21-11-14-4-6-15(27-3)7-5-14/h4-9,16-18,24H,10-13H2,1-3H3,(H,21,25)(H,22,26)/t16-,17+,18-/m1/s1. The van der Waals surface area contributed by atoms with Crippen LogP contribution < -0.4 is 15.4 Å². The number of hydrogen-bond acceptors (Lipinski definition) is 6. The third-order valence-corrected chi connectivity index (χ3v) is 4.29. The van der Waals surface area contributed by atoms with Crippen molar-refractivity contribution in [1.82, 2.24) is 15.5 Å². The molecule has 1 aromatic rings. The molecule has 3 atom stereocenters. The van der Waals surface area contributed by atoms with Gasteiger partial charge in [-0.15, -0.1) is 0 Å². The number of methoxy groups -OCH3 is 1. The molecule has 0 aliphatic carbocycles. The van der Waals surface area contributed by atoms with Crippen LogP contribution in [0, 0.1) is 0 Å². The summed E-state index contributed by atoms with van der Waals surface area (Å²) in [5.41, 5.74) is 0.964. The number of hydrogen-bond donors (Lipinski definition) is 3. The monoisotopic (exact) mass is 391 g/mol. The first-order valence-electron chi connectivity index (χ1n) is 9.19. The summed E-state index contributed by atoms with van der Waals surface area (Å²) < 4.78 is 10.9. The molecule has 2 rings (SSSR count). The summed E-state index contributed by atoms with van der Waals surface area (Å²) in [4.78, 5) is 25.9. The van der Waals surface area contributed by atoms with E-state index in [0.29, 0.717) is 6.54 Å². The molecule has 3 N–H and O–H groups in total. The van der Waals surface area contributed by atoms with Crippen molar-refractivity contribution in [2.24, 2.45) is 0 Å². The maximum Gasteiger partial charge on any atom is 0.234 e. The Kier molecular flexibility index (Phi) is 8.43. The minimum Gasteiger partial charge on any atom is -0.497 e. The van der Waals surface area contributed by atoms with Crippen LogP contribution in [0.25, 0.3) is 0 Å². The second kappa shape index (κ2) is 10.8. The van der Waals surface area contributed by atoms with Gasteiger partial charge in [0, 0.05) is 6.54 Å². The zero-order chi connectivity index (χ0) is 20.5. The average Bonchev–Trinajstić information content (AvgIpc) is 2.67. The molecule has 0 aromatic heterocycles. The van der Waals surface area contributed by atoms with E-state index >= 15 is 0 Å². The van der Waals surface area contributed by atoms with Crippen molar-refractivity contribution < 1.29 is 24.2 Å². The molecule has 0 spiro atoms. The fourth-order valence-electron chi connectivity index (χ4n) is 2.85. The van der Waals surface area contributed by atoms with Gasteiger partial charge >= 0.3 is 0 Å². The van der Waals surface area contributed by atoms with E-state index in [1.165, 1.54) is 0 Å². The van der Waals surface area contributed by atoms with Crippen LogP contribution >= 0.6 is 0 Å². The molecule has 8 nitrogen and oxygen atoms in total. The van der Waals surface area contributed by atoms with Gasteiger partial charge in [0.1, 0.15) is 11.9 Å². The van der Waals surface area contributed by atoms with Gasteiger partial charge in [0.05, 0.1) is 38.8 Å². The number of nitrogens with one attached hydrogen (secondary N) is 2. The molecular formula is C20H29N3O5. The van der Waals surface area contributed by atoms with E-state index in [9.17, 15) is 14.7 Å². The fraction of sp³-hybridized carbons (Fsp3) is 0.500. The molecular weight excluding hydrogens is 362 g/mol. The highest BCUT2D eigenvalue weighted by atomic mass is 16.5. The van der Waals surface area contributed by atoms with Crippen LogP contribution in [0.4, 0.5) is 0 Å². The molecule has 0 bridgehead atoms. The number of aliphatic hydroxyl groups is 1. The van der Waals surface area contributed by atoms with Crippen LogP contribution in [0.1, 0.15) is 12.0 Å². The second-order valence-electron chi connectivity index (χ2n) is 6.94. The summed E-state index contributed by atoms with van der Waals surface area (Å²) >= 11 is 0. The zero-order valence-electron chi connectivity index (χ0n) is 16.6. The van der Waals surface area contributed by atoms with Crippen LogP contribution in [0.15, 0.2) is 36.4 Å². The first-order valence-corrected chi connectivity index (χ1v) is 9.19. The third-order valence-electron chi connectivity index (χ3n) is 4.29. The SMILES string of the molecule is COc1ccc(CNC(=O)C[C@H]2C=C[C@H](NC(=O)CN(C)C)[C@@H](CO)O2)cc1. The van der Waals surface area contributed by atoms with Crippen LogP contribution in [0.2, 0.25) is 0 Å². The van der Waals surface area contributed by atoms with Gasteiger partial charge < -0.3 is 30.1 Å². The summed E-state index contributed by atoms with van der Waals surface area (Å²) in [6.45, 7) is 0.410. The van der Waals surface area contributed by atoms with Gasteiger partial charge in [0.2, 0.25) is 11.8 Å². The molecule has 0 unspecified atom stereocenters.